The van der Waals surface area contributed by atoms with Crippen LogP contribution in [-0.2, 0) is 11.5 Å². The molecule has 0 saturated heterocycles. The SMILES string of the molecule is CCCCCc1c([O])ccc2ccccc12. The van der Waals surface area contributed by atoms with E-state index in [1.54, 1.807) is 6.07 Å². The van der Waals surface area contributed by atoms with Crippen molar-refractivity contribution in [2.24, 2.45) is 0 Å². The number of aryl methyl sites for hydroxylation is 1. The Balaban J connectivity index is 2.37. The Labute approximate surface area is 96.7 Å². The van der Waals surface area contributed by atoms with Crippen molar-refractivity contribution in [1.29, 1.82) is 0 Å². The maximum Gasteiger partial charge on any atom is 0.182 e. The van der Waals surface area contributed by atoms with Gasteiger partial charge in [0, 0.05) is 5.56 Å². The van der Waals surface area contributed by atoms with Crippen LogP contribution in [0.15, 0.2) is 36.4 Å². The fourth-order valence-corrected chi connectivity index (χ4v) is 2.13. The first-order chi connectivity index (χ1) is 7.83. The van der Waals surface area contributed by atoms with Crippen molar-refractivity contribution < 1.29 is 5.11 Å². The van der Waals surface area contributed by atoms with E-state index < -0.39 is 0 Å². The maximum absolute atomic E-state index is 11.8. The second-order valence-corrected chi connectivity index (χ2v) is 4.22. The summed E-state index contributed by atoms with van der Waals surface area (Å²) in [6, 6.07) is 11.8. The quantitative estimate of drug-likeness (QED) is 0.655. The average molecular weight is 213 g/mol. The third-order valence-electron chi connectivity index (χ3n) is 3.03. The molecule has 1 radical (unpaired) electrons. The molecule has 0 saturated carbocycles. The van der Waals surface area contributed by atoms with E-state index in [-0.39, 0.29) is 5.75 Å². The van der Waals surface area contributed by atoms with Gasteiger partial charge in [0.2, 0.25) is 0 Å². The molecule has 0 N–H and O–H groups in total. The summed E-state index contributed by atoms with van der Waals surface area (Å²) in [5.41, 5.74) is 0.992. The van der Waals surface area contributed by atoms with Gasteiger partial charge in [0.1, 0.15) is 0 Å². The van der Waals surface area contributed by atoms with Crippen LogP contribution in [0.5, 0.6) is 5.75 Å². The monoisotopic (exact) mass is 213 g/mol. The Morgan fingerprint density at radius 2 is 1.81 bits per heavy atom. The van der Waals surface area contributed by atoms with Crippen LogP contribution in [0.4, 0.5) is 0 Å². The van der Waals surface area contributed by atoms with E-state index in [1.165, 1.54) is 18.2 Å². The highest BCUT2D eigenvalue weighted by Crippen LogP contribution is 2.28. The lowest BCUT2D eigenvalue weighted by molar-refractivity contribution is 0.350. The highest BCUT2D eigenvalue weighted by molar-refractivity contribution is 5.87. The molecule has 83 valence electrons. The van der Waals surface area contributed by atoms with Crippen molar-refractivity contribution in [2.45, 2.75) is 32.6 Å². The number of rotatable bonds is 4. The van der Waals surface area contributed by atoms with Crippen LogP contribution in [0.1, 0.15) is 31.7 Å². The minimum atomic E-state index is 0.190. The molecule has 0 heterocycles. The van der Waals surface area contributed by atoms with Gasteiger partial charge in [-0.25, -0.2) is 0 Å². The molecule has 0 atom stereocenters. The molecule has 0 aliphatic rings. The third kappa shape index (κ3) is 2.19. The van der Waals surface area contributed by atoms with Gasteiger partial charge in [-0.3, -0.25) is 5.11 Å². The second kappa shape index (κ2) is 5.02. The highest BCUT2D eigenvalue weighted by Gasteiger charge is 2.07. The largest absolute Gasteiger partial charge is 0.290 e. The Morgan fingerprint density at radius 3 is 2.62 bits per heavy atom. The Bertz CT molecular complexity index is 474. The predicted octanol–water partition coefficient (Wildman–Crippen LogP) is 4.72. The van der Waals surface area contributed by atoms with Crippen LogP contribution in [-0.4, -0.2) is 0 Å². The molecule has 1 nitrogen and oxygen atoms in total. The van der Waals surface area contributed by atoms with Gasteiger partial charge in [-0.1, -0.05) is 50.1 Å². The van der Waals surface area contributed by atoms with Crippen molar-refractivity contribution in [3.63, 3.8) is 0 Å². The Hall–Kier alpha value is -1.50. The molecule has 2 aromatic rings. The first kappa shape index (κ1) is 11.0. The lowest BCUT2D eigenvalue weighted by Gasteiger charge is -2.07. The lowest BCUT2D eigenvalue weighted by atomic mass is 9.99. The average Bonchev–Trinajstić information content (AvgIpc) is 2.32. The zero-order valence-electron chi connectivity index (χ0n) is 9.70. The number of benzene rings is 2. The number of hydrogen-bond acceptors (Lipinski definition) is 0. The van der Waals surface area contributed by atoms with Crippen LogP contribution in [0, 0.1) is 0 Å². The van der Waals surface area contributed by atoms with Gasteiger partial charge >= 0.3 is 0 Å². The molecule has 2 aromatic carbocycles. The van der Waals surface area contributed by atoms with Crippen molar-refractivity contribution >= 4 is 10.8 Å². The van der Waals surface area contributed by atoms with E-state index in [0.717, 1.165) is 23.8 Å². The molecular formula is C15H17O. The third-order valence-corrected chi connectivity index (χ3v) is 3.03. The van der Waals surface area contributed by atoms with Crippen LogP contribution in [0.2, 0.25) is 0 Å². The molecule has 1 heteroatoms. The normalized spacial score (nSPS) is 10.8. The number of hydrogen-bond donors (Lipinski definition) is 0. The molecule has 2 rings (SSSR count). The zero-order chi connectivity index (χ0) is 11.4. The summed E-state index contributed by atoms with van der Waals surface area (Å²) in [5, 5.41) is 14.1. The van der Waals surface area contributed by atoms with Crippen molar-refractivity contribution in [1.82, 2.24) is 0 Å². The van der Waals surface area contributed by atoms with Crippen LogP contribution >= 0.6 is 0 Å². The summed E-state index contributed by atoms with van der Waals surface area (Å²) in [7, 11) is 0. The van der Waals surface area contributed by atoms with Crippen LogP contribution in [0.3, 0.4) is 0 Å². The van der Waals surface area contributed by atoms with Gasteiger partial charge in [-0.2, -0.15) is 0 Å². The van der Waals surface area contributed by atoms with Crippen LogP contribution in [0.25, 0.3) is 10.8 Å². The van der Waals surface area contributed by atoms with Crippen LogP contribution < -0.4 is 0 Å². The Morgan fingerprint density at radius 1 is 1.00 bits per heavy atom. The number of fused-ring (bicyclic) bond motifs is 1. The van der Waals surface area contributed by atoms with Gasteiger partial charge in [0.15, 0.2) is 5.75 Å². The maximum atomic E-state index is 11.8. The molecular weight excluding hydrogens is 196 g/mol. The highest BCUT2D eigenvalue weighted by atomic mass is 16.3. The van der Waals surface area contributed by atoms with E-state index in [2.05, 4.69) is 19.1 Å². The molecule has 16 heavy (non-hydrogen) atoms. The molecule has 0 aliphatic heterocycles. The summed E-state index contributed by atoms with van der Waals surface area (Å²) < 4.78 is 0. The van der Waals surface area contributed by atoms with E-state index in [4.69, 9.17) is 0 Å². The fraction of sp³-hybridized carbons (Fsp3) is 0.333. The van der Waals surface area contributed by atoms with E-state index in [9.17, 15) is 5.11 Å². The van der Waals surface area contributed by atoms with Crippen molar-refractivity contribution in [3.8, 4) is 5.75 Å². The standard InChI is InChI=1S/C15H17O/c1-2-3-4-9-14-13-8-6-5-7-12(13)10-11-15(14)16/h5-8,10-11H,2-4,9H2,1H3. The van der Waals surface area contributed by atoms with Gasteiger partial charge in [0.05, 0.1) is 0 Å². The summed E-state index contributed by atoms with van der Waals surface area (Å²) in [5.74, 6) is 0.190. The molecule has 0 spiro atoms. The molecule has 0 amide bonds. The minimum absolute atomic E-state index is 0.190. The molecule has 0 aliphatic carbocycles. The first-order valence-corrected chi connectivity index (χ1v) is 6.00. The second-order valence-electron chi connectivity index (χ2n) is 4.22. The topological polar surface area (TPSA) is 19.9 Å². The molecule has 0 aromatic heterocycles. The summed E-state index contributed by atoms with van der Waals surface area (Å²) in [6.45, 7) is 2.18. The molecule has 0 unspecified atom stereocenters. The predicted molar refractivity (Wildman–Crippen MR) is 67.3 cm³/mol. The summed E-state index contributed by atoms with van der Waals surface area (Å²) >= 11 is 0. The van der Waals surface area contributed by atoms with Crippen molar-refractivity contribution in [3.05, 3.63) is 42.0 Å². The van der Waals surface area contributed by atoms with E-state index >= 15 is 0 Å². The number of unbranched alkanes of at least 4 members (excludes halogenated alkanes) is 2. The van der Waals surface area contributed by atoms with E-state index in [1.807, 2.05) is 18.2 Å². The zero-order valence-corrected chi connectivity index (χ0v) is 9.70. The molecule has 0 bridgehead atoms. The van der Waals surface area contributed by atoms with Gasteiger partial charge in [-0.05, 0) is 29.7 Å². The van der Waals surface area contributed by atoms with E-state index in [0.29, 0.717) is 0 Å². The summed E-state index contributed by atoms with van der Waals surface area (Å²) in [6.07, 6.45) is 4.41. The van der Waals surface area contributed by atoms with Gasteiger partial charge in [-0.15, -0.1) is 0 Å². The minimum Gasteiger partial charge on any atom is -0.290 e. The summed E-state index contributed by atoms with van der Waals surface area (Å²) in [4.78, 5) is 0. The lowest BCUT2D eigenvalue weighted by Crippen LogP contribution is -1.88. The molecule has 0 fully saturated rings. The first-order valence-electron chi connectivity index (χ1n) is 6.00. The van der Waals surface area contributed by atoms with Crippen molar-refractivity contribution in [2.75, 3.05) is 0 Å². The fourth-order valence-electron chi connectivity index (χ4n) is 2.13. The Kier molecular flexibility index (Phi) is 3.45. The smallest absolute Gasteiger partial charge is 0.182 e. The van der Waals surface area contributed by atoms with Gasteiger partial charge < -0.3 is 0 Å². The van der Waals surface area contributed by atoms with Gasteiger partial charge in [0.25, 0.3) is 0 Å².